The molecule has 0 aromatic carbocycles. The van der Waals surface area contributed by atoms with Crippen LogP contribution in [0.4, 0.5) is 0 Å². The van der Waals surface area contributed by atoms with Gasteiger partial charge in [0.2, 0.25) is 5.91 Å². The Bertz CT molecular complexity index is 339. The average molecular weight is 263 g/mol. The number of aliphatic hydroxyl groups is 1. The van der Waals surface area contributed by atoms with Crippen LogP contribution in [0.5, 0.6) is 0 Å². The predicted molar refractivity (Wildman–Crippen MR) is 65.3 cm³/mol. The molecule has 100 valence electrons. The molecule has 1 atom stereocenters. The Kier molecular flexibility index (Phi) is 5.91. The van der Waals surface area contributed by atoms with Crippen molar-refractivity contribution < 1.29 is 18.3 Å². The molecule has 1 aliphatic heterocycles. The average Bonchev–Trinajstić information content (AvgIpc) is 2.57. The van der Waals surface area contributed by atoms with Gasteiger partial charge in [-0.25, -0.2) is 8.42 Å². The number of nitrogens with one attached hydrogen (secondary N) is 1. The second kappa shape index (κ2) is 6.96. The third-order valence-electron chi connectivity index (χ3n) is 2.96. The molecule has 17 heavy (non-hydrogen) atoms. The minimum Gasteiger partial charge on any atom is -0.396 e. The lowest BCUT2D eigenvalue weighted by atomic mass is 10.1. The molecular weight excluding hydrogens is 242 g/mol. The van der Waals surface area contributed by atoms with E-state index >= 15 is 0 Å². The number of sulfone groups is 1. The Hall–Kier alpha value is -0.620. The number of hydrogen-bond donors (Lipinski definition) is 2. The van der Waals surface area contributed by atoms with Crippen LogP contribution in [-0.4, -0.2) is 44.1 Å². The molecule has 1 saturated heterocycles. The molecule has 1 aliphatic rings. The zero-order chi connectivity index (χ0) is 12.7. The fraction of sp³-hybridized carbons (Fsp3) is 0.909. The summed E-state index contributed by atoms with van der Waals surface area (Å²) in [5, 5.41) is 11.3. The van der Waals surface area contributed by atoms with Gasteiger partial charge in [-0.2, -0.15) is 0 Å². The normalized spacial score (nSPS) is 22.5. The number of aliphatic hydroxyl groups excluding tert-OH is 1. The molecule has 0 radical (unpaired) electrons. The standard InChI is InChI=1S/C11H21NO4S/c13-6-3-1-2-5-12-11(14)8-10-4-7-17(15,16)9-10/h10,13H,1-9H2,(H,12,14). The maximum atomic E-state index is 11.5. The molecule has 1 rings (SSSR count). The van der Waals surface area contributed by atoms with Gasteiger partial charge in [0.1, 0.15) is 0 Å². The summed E-state index contributed by atoms with van der Waals surface area (Å²) in [4.78, 5) is 11.5. The van der Waals surface area contributed by atoms with Gasteiger partial charge in [0, 0.05) is 19.6 Å². The van der Waals surface area contributed by atoms with E-state index in [1.54, 1.807) is 0 Å². The van der Waals surface area contributed by atoms with Crippen LogP contribution >= 0.6 is 0 Å². The molecule has 1 unspecified atom stereocenters. The van der Waals surface area contributed by atoms with E-state index in [2.05, 4.69) is 5.32 Å². The molecule has 0 aromatic heterocycles. The summed E-state index contributed by atoms with van der Waals surface area (Å²) < 4.78 is 22.4. The van der Waals surface area contributed by atoms with Crippen molar-refractivity contribution in [3.63, 3.8) is 0 Å². The van der Waals surface area contributed by atoms with Gasteiger partial charge in [-0.1, -0.05) is 0 Å². The highest BCUT2D eigenvalue weighted by Gasteiger charge is 2.29. The smallest absolute Gasteiger partial charge is 0.220 e. The summed E-state index contributed by atoms with van der Waals surface area (Å²) in [6.45, 7) is 0.798. The summed E-state index contributed by atoms with van der Waals surface area (Å²) >= 11 is 0. The second-order valence-corrected chi connectivity index (χ2v) is 6.84. The van der Waals surface area contributed by atoms with Gasteiger partial charge in [0.05, 0.1) is 11.5 Å². The van der Waals surface area contributed by atoms with Crippen molar-refractivity contribution in [1.29, 1.82) is 0 Å². The van der Waals surface area contributed by atoms with E-state index in [9.17, 15) is 13.2 Å². The third kappa shape index (κ3) is 6.02. The quantitative estimate of drug-likeness (QED) is 0.638. The molecule has 0 saturated carbocycles. The van der Waals surface area contributed by atoms with Crippen LogP contribution in [-0.2, 0) is 14.6 Å². The molecule has 2 N–H and O–H groups in total. The molecule has 5 nitrogen and oxygen atoms in total. The van der Waals surface area contributed by atoms with Gasteiger partial charge < -0.3 is 10.4 Å². The lowest BCUT2D eigenvalue weighted by molar-refractivity contribution is -0.121. The van der Waals surface area contributed by atoms with Gasteiger partial charge in [-0.05, 0) is 31.6 Å². The first-order valence-corrected chi connectivity index (χ1v) is 7.93. The van der Waals surface area contributed by atoms with Crippen LogP contribution in [0.2, 0.25) is 0 Å². The van der Waals surface area contributed by atoms with Crippen LogP contribution in [0, 0.1) is 5.92 Å². The van der Waals surface area contributed by atoms with Gasteiger partial charge in [-0.3, -0.25) is 4.79 Å². The second-order valence-electron chi connectivity index (χ2n) is 4.61. The van der Waals surface area contributed by atoms with Crippen LogP contribution < -0.4 is 5.32 Å². The summed E-state index contributed by atoms with van der Waals surface area (Å²) in [6.07, 6.45) is 3.44. The molecule has 0 aromatic rings. The van der Waals surface area contributed by atoms with Crippen molar-refractivity contribution in [2.75, 3.05) is 24.7 Å². The third-order valence-corrected chi connectivity index (χ3v) is 4.79. The monoisotopic (exact) mass is 263 g/mol. The van der Waals surface area contributed by atoms with Crippen molar-refractivity contribution in [2.24, 2.45) is 5.92 Å². The van der Waals surface area contributed by atoms with Gasteiger partial charge in [0.15, 0.2) is 9.84 Å². The lowest BCUT2D eigenvalue weighted by Gasteiger charge is -2.08. The minimum absolute atomic E-state index is 0.00237. The summed E-state index contributed by atoms with van der Waals surface area (Å²) in [6, 6.07) is 0. The molecule has 1 heterocycles. The Morgan fingerprint density at radius 3 is 2.65 bits per heavy atom. The van der Waals surface area contributed by atoms with E-state index in [1.807, 2.05) is 0 Å². The molecular formula is C11H21NO4S. The van der Waals surface area contributed by atoms with E-state index in [1.165, 1.54) is 0 Å². The summed E-state index contributed by atoms with van der Waals surface area (Å²) in [7, 11) is -2.88. The van der Waals surface area contributed by atoms with E-state index < -0.39 is 9.84 Å². The SMILES string of the molecule is O=C(CC1CCS(=O)(=O)C1)NCCCCCO. The maximum absolute atomic E-state index is 11.5. The van der Waals surface area contributed by atoms with E-state index in [-0.39, 0.29) is 29.9 Å². The lowest BCUT2D eigenvalue weighted by Crippen LogP contribution is -2.26. The number of rotatable bonds is 7. The highest BCUT2D eigenvalue weighted by Crippen LogP contribution is 2.21. The van der Waals surface area contributed by atoms with Crippen molar-refractivity contribution >= 4 is 15.7 Å². The fourth-order valence-electron chi connectivity index (χ4n) is 2.01. The first-order chi connectivity index (χ1) is 8.03. The van der Waals surface area contributed by atoms with Gasteiger partial charge in [-0.15, -0.1) is 0 Å². The van der Waals surface area contributed by atoms with Crippen molar-refractivity contribution in [2.45, 2.75) is 32.1 Å². The van der Waals surface area contributed by atoms with Crippen molar-refractivity contribution in [1.82, 2.24) is 5.32 Å². The van der Waals surface area contributed by atoms with E-state index in [0.717, 1.165) is 19.3 Å². The van der Waals surface area contributed by atoms with Gasteiger partial charge in [0.25, 0.3) is 0 Å². The molecule has 0 bridgehead atoms. The van der Waals surface area contributed by atoms with E-state index in [4.69, 9.17) is 5.11 Å². The molecule has 0 spiro atoms. The Morgan fingerprint density at radius 2 is 2.06 bits per heavy atom. The highest BCUT2D eigenvalue weighted by atomic mass is 32.2. The Balaban J connectivity index is 2.09. The predicted octanol–water partition coefficient (Wildman–Crippen LogP) is 0.0900. The summed E-state index contributed by atoms with van der Waals surface area (Å²) in [5.74, 6) is 0.320. The number of hydrogen-bond acceptors (Lipinski definition) is 4. The first-order valence-electron chi connectivity index (χ1n) is 6.11. The molecule has 1 amide bonds. The summed E-state index contributed by atoms with van der Waals surface area (Å²) in [5.41, 5.74) is 0. The van der Waals surface area contributed by atoms with Crippen molar-refractivity contribution in [3.05, 3.63) is 0 Å². The van der Waals surface area contributed by atoms with Crippen LogP contribution in [0.1, 0.15) is 32.1 Å². The maximum Gasteiger partial charge on any atom is 0.220 e. The van der Waals surface area contributed by atoms with Crippen LogP contribution in [0.25, 0.3) is 0 Å². The first kappa shape index (κ1) is 14.4. The van der Waals surface area contributed by atoms with Crippen LogP contribution in [0.3, 0.4) is 0 Å². The molecule has 0 aliphatic carbocycles. The molecule has 6 heteroatoms. The molecule has 1 fully saturated rings. The highest BCUT2D eigenvalue weighted by molar-refractivity contribution is 7.91. The van der Waals surface area contributed by atoms with Gasteiger partial charge >= 0.3 is 0 Å². The minimum atomic E-state index is -2.88. The fourth-order valence-corrected chi connectivity index (χ4v) is 3.87. The number of carbonyl (C=O) groups excluding carboxylic acids is 1. The number of unbranched alkanes of at least 4 members (excludes halogenated alkanes) is 2. The number of carbonyl (C=O) groups is 1. The zero-order valence-corrected chi connectivity index (χ0v) is 10.8. The topological polar surface area (TPSA) is 83.5 Å². The Labute approximate surface area is 103 Å². The van der Waals surface area contributed by atoms with Crippen LogP contribution in [0.15, 0.2) is 0 Å². The number of amides is 1. The largest absolute Gasteiger partial charge is 0.396 e. The Morgan fingerprint density at radius 1 is 1.29 bits per heavy atom. The van der Waals surface area contributed by atoms with Crippen molar-refractivity contribution in [3.8, 4) is 0 Å². The zero-order valence-electron chi connectivity index (χ0n) is 10.0. The van der Waals surface area contributed by atoms with E-state index in [0.29, 0.717) is 19.4 Å².